The van der Waals surface area contributed by atoms with Crippen molar-refractivity contribution >= 4 is 18.2 Å². The van der Waals surface area contributed by atoms with Crippen LogP contribution >= 0.6 is 0 Å². The minimum atomic E-state index is -1.37. The summed E-state index contributed by atoms with van der Waals surface area (Å²) < 4.78 is 1.51. The van der Waals surface area contributed by atoms with Crippen molar-refractivity contribution in [1.82, 2.24) is 5.43 Å². The van der Waals surface area contributed by atoms with E-state index in [-0.39, 0.29) is 6.54 Å². The molecule has 1 heterocycles. The fourth-order valence-electron chi connectivity index (χ4n) is 1.09. The molecule has 0 atom stereocenters. The van der Waals surface area contributed by atoms with Crippen LogP contribution in [0, 0.1) is 5.92 Å². The van der Waals surface area contributed by atoms with Crippen LogP contribution in [0.4, 0.5) is 0 Å². The SMILES string of the molecule is O=C(O)C(C[N+]1=CCCN1)C(=O)O. The number of rotatable bonds is 4. The molecule has 0 saturated heterocycles. The van der Waals surface area contributed by atoms with Gasteiger partial charge in [0.2, 0.25) is 5.92 Å². The van der Waals surface area contributed by atoms with Crippen LogP contribution in [0.1, 0.15) is 6.42 Å². The van der Waals surface area contributed by atoms with Gasteiger partial charge in [-0.05, 0) is 0 Å². The molecular formula is C7H11N2O4+. The topological polar surface area (TPSA) is 89.6 Å². The van der Waals surface area contributed by atoms with Crippen molar-refractivity contribution in [1.29, 1.82) is 0 Å². The summed E-state index contributed by atoms with van der Waals surface area (Å²) in [5.41, 5.74) is 2.85. The number of carbonyl (C=O) groups is 2. The van der Waals surface area contributed by atoms with Gasteiger partial charge in [0.1, 0.15) is 0 Å². The first-order chi connectivity index (χ1) is 6.11. The van der Waals surface area contributed by atoms with Crippen LogP contribution in [-0.2, 0) is 9.59 Å². The molecule has 6 nitrogen and oxygen atoms in total. The zero-order chi connectivity index (χ0) is 9.84. The second kappa shape index (κ2) is 3.88. The van der Waals surface area contributed by atoms with Crippen molar-refractivity contribution in [3.8, 4) is 0 Å². The third kappa shape index (κ3) is 2.43. The number of hydrazone groups is 1. The summed E-state index contributed by atoms with van der Waals surface area (Å²) >= 11 is 0. The molecule has 0 fully saturated rings. The molecular weight excluding hydrogens is 176 g/mol. The zero-order valence-corrected chi connectivity index (χ0v) is 6.93. The van der Waals surface area contributed by atoms with E-state index in [1.165, 1.54) is 4.68 Å². The fourth-order valence-corrected chi connectivity index (χ4v) is 1.09. The minimum absolute atomic E-state index is 0.0370. The Morgan fingerprint density at radius 2 is 2.08 bits per heavy atom. The molecule has 13 heavy (non-hydrogen) atoms. The van der Waals surface area contributed by atoms with E-state index >= 15 is 0 Å². The van der Waals surface area contributed by atoms with Crippen molar-refractivity contribution in [3.63, 3.8) is 0 Å². The van der Waals surface area contributed by atoms with Crippen molar-refractivity contribution in [2.45, 2.75) is 6.42 Å². The van der Waals surface area contributed by atoms with Gasteiger partial charge >= 0.3 is 11.9 Å². The smallest absolute Gasteiger partial charge is 0.324 e. The summed E-state index contributed by atoms with van der Waals surface area (Å²) in [6, 6.07) is 0. The molecule has 0 aromatic carbocycles. The molecule has 0 aromatic rings. The van der Waals surface area contributed by atoms with E-state index in [4.69, 9.17) is 10.2 Å². The molecule has 3 N–H and O–H groups in total. The predicted molar refractivity (Wildman–Crippen MR) is 42.6 cm³/mol. The first kappa shape index (κ1) is 9.50. The number of hydrogen-bond acceptors (Lipinski definition) is 3. The number of nitrogens with one attached hydrogen (secondary N) is 1. The summed E-state index contributed by atoms with van der Waals surface area (Å²) in [7, 11) is 0. The zero-order valence-electron chi connectivity index (χ0n) is 6.93. The number of nitrogens with zero attached hydrogens (tertiary/aromatic N) is 1. The van der Waals surface area contributed by atoms with Crippen molar-refractivity contribution in [3.05, 3.63) is 0 Å². The number of hydrogen-bond donors (Lipinski definition) is 3. The number of carboxylic acid groups (broad SMARTS) is 2. The quantitative estimate of drug-likeness (QED) is 0.378. The molecule has 0 aromatic heterocycles. The van der Waals surface area contributed by atoms with Gasteiger partial charge in [-0.1, -0.05) is 0 Å². The van der Waals surface area contributed by atoms with E-state index in [1.54, 1.807) is 6.21 Å². The molecule has 1 rings (SSSR count). The Kier molecular flexibility index (Phi) is 2.84. The Morgan fingerprint density at radius 3 is 2.46 bits per heavy atom. The Hall–Kier alpha value is -1.59. The van der Waals surface area contributed by atoms with Crippen LogP contribution in [0.15, 0.2) is 0 Å². The molecule has 0 radical (unpaired) electrons. The summed E-state index contributed by atoms with van der Waals surface area (Å²) in [4.78, 5) is 21.0. The van der Waals surface area contributed by atoms with Crippen LogP contribution in [0.5, 0.6) is 0 Å². The highest BCUT2D eigenvalue weighted by Crippen LogP contribution is 1.98. The van der Waals surface area contributed by atoms with Gasteiger partial charge in [0, 0.05) is 0 Å². The second-order valence-electron chi connectivity index (χ2n) is 2.76. The van der Waals surface area contributed by atoms with Crippen molar-refractivity contribution in [2.75, 3.05) is 13.1 Å². The number of hydrazine groups is 1. The molecule has 0 spiro atoms. The summed E-state index contributed by atoms with van der Waals surface area (Å²) in [6.07, 6.45) is 2.55. The number of aliphatic carboxylic acids is 2. The molecule has 0 amide bonds. The van der Waals surface area contributed by atoms with E-state index in [0.29, 0.717) is 0 Å². The molecule has 0 saturated carbocycles. The lowest BCUT2D eigenvalue weighted by atomic mass is 10.1. The largest absolute Gasteiger partial charge is 0.480 e. The van der Waals surface area contributed by atoms with Gasteiger partial charge in [-0.3, -0.25) is 9.59 Å². The Morgan fingerprint density at radius 1 is 1.46 bits per heavy atom. The van der Waals surface area contributed by atoms with Crippen LogP contribution in [0.2, 0.25) is 0 Å². The van der Waals surface area contributed by atoms with Crippen molar-refractivity contribution < 1.29 is 24.5 Å². The van der Waals surface area contributed by atoms with E-state index in [0.717, 1.165) is 13.0 Å². The molecule has 72 valence electrons. The van der Waals surface area contributed by atoms with Gasteiger partial charge < -0.3 is 10.2 Å². The Labute approximate surface area is 74.5 Å². The summed E-state index contributed by atoms with van der Waals surface area (Å²) in [5, 5.41) is 17.1. The van der Waals surface area contributed by atoms with Crippen LogP contribution in [0.25, 0.3) is 0 Å². The van der Waals surface area contributed by atoms with E-state index in [1.807, 2.05) is 0 Å². The molecule has 1 aliphatic heterocycles. The average molecular weight is 187 g/mol. The van der Waals surface area contributed by atoms with Gasteiger partial charge in [0.15, 0.2) is 12.8 Å². The molecule has 0 unspecified atom stereocenters. The third-order valence-corrected chi connectivity index (χ3v) is 1.78. The Bertz CT molecular complexity index is 247. The summed E-state index contributed by atoms with van der Waals surface area (Å²) in [6.45, 7) is 0.691. The maximum atomic E-state index is 10.5. The standard InChI is InChI=1S/C7H10N2O4/c10-6(11)5(7(12)13)4-9-3-1-2-8-9/h3,5,8H,1-2,4H2,(H-,10,11,12,13)/p+1. The first-order valence-electron chi connectivity index (χ1n) is 3.90. The summed E-state index contributed by atoms with van der Waals surface area (Å²) in [5.74, 6) is -3.99. The van der Waals surface area contributed by atoms with Gasteiger partial charge in [0.25, 0.3) is 0 Å². The molecule has 1 aliphatic rings. The van der Waals surface area contributed by atoms with Crippen LogP contribution < -0.4 is 5.43 Å². The van der Waals surface area contributed by atoms with E-state index in [2.05, 4.69) is 5.43 Å². The normalized spacial score (nSPS) is 15.3. The first-order valence-corrected chi connectivity index (χ1v) is 3.90. The lowest BCUT2D eigenvalue weighted by Crippen LogP contribution is -2.36. The monoisotopic (exact) mass is 187 g/mol. The maximum absolute atomic E-state index is 10.5. The van der Waals surface area contributed by atoms with Crippen LogP contribution in [0.3, 0.4) is 0 Å². The van der Waals surface area contributed by atoms with Gasteiger partial charge in [-0.25, -0.2) is 0 Å². The van der Waals surface area contributed by atoms with Gasteiger partial charge in [0.05, 0.1) is 13.0 Å². The lowest BCUT2D eigenvalue weighted by Gasteiger charge is -2.03. The second-order valence-corrected chi connectivity index (χ2v) is 2.76. The van der Waals surface area contributed by atoms with Crippen molar-refractivity contribution in [2.24, 2.45) is 5.92 Å². The minimum Gasteiger partial charge on any atom is -0.480 e. The average Bonchev–Trinajstić information content (AvgIpc) is 2.50. The van der Waals surface area contributed by atoms with E-state index in [9.17, 15) is 9.59 Å². The van der Waals surface area contributed by atoms with Gasteiger partial charge in [-0.2, -0.15) is 5.43 Å². The van der Waals surface area contributed by atoms with Crippen LogP contribution in [-0.4, -0.2) is 46.1 Å². The highest BCUT2D eigenvalue weighted by atomic mass is 16.4. The number of carboxylic acids is 2. The molecule has 0 aliphatic carbocycles. The fraction of sp³-hybridized carbons (Fsp3) is 0.571. The lowest BCUT2D eigenvalue weighted by molar-refractivity contribution is -0.577. The predicted octanol–water partition coefficient (Wildman–Crippen LogP) is -1.24. The highest BCUT2D eigenvalue weighted by molar-refractivity contribution is 5.93. The highest BCUT2D eigenvalue weighted by Gasteiger charge is 2.32. The molecule has 0 bridgehead atoms. The van der Waals surface area contributed by atoms with E-state index < -0.39 is 17.9 Å². The molecule has 6 heteroatoms. The van der Waals surface area contributed by atoms with Gasteiger partial charge in [-0.15, -0.1) is 4.68 Å². The maximum Gasteiger partial charge on any atom is 0.324 e. The third-order valence-electron chi connectivity index (χ3n) is 1.78. The Balaban J connectivity index is 2.57.